The van der Waals surface area contributed by atoms with Gasteiger partial charge in [-0.1, -0.05) is 35.9 Å². The molecule has 0 unspecified atom stereocenters. The van der Waals surface area contributed by atoms with Gasteiger partial charge in [0.25, 0.3) is 0 Å². The highest BCUT2D eigenvalue weighted by Gasteiger charge is 2.13. The van der Waals surface area contributed by atoms with E-state index >= 15 is 0 Å². The van der Waals surface area contributed by atoms with Gasteiger partial charge in [-0.05, 0) is 55.0 Å². The van der Waals surface area contributed by atoms with Gasteiger partial charge in [-0.15, -0.1) is 0 Å². The quantitative estimate of drug-likeness (QED) is 0.288. The maximum absolute atomic E-state index is 13.8. The molecule has 0 aliphatic carbocycles. The molecule has 7 nitrogen and oxygen atoms in total. The fourth-order valence-electron chi connectivity index (χ4n) is 2.73. The number of nitrogens with zero attached hydrogens (tertiary/aromatic N) is 1. The number of hydrogen-bond acceptors (Lipinski definition) is 5. The predicted molar refractivity (Wildman–Crippen MR) is 124 cm³/mol. The van der Waals surface area contributed by atoms with Crippen LogP contribution in [0.5, 0.6) is 11.5 Å². The van der Waals surface area contributed by atoms with E-state index in [0.717, 1.165) is 0 Å². The minimum Gasteiger partial charge on any atom is -0.490 e. The Morgan fingerprint density at radius 2 is 1.82 bits per heavy atom. The molecule has 0 saturated carbocycles. The van der Waals surface area contributed by atoms with Crippen LogP contribution in [0.2, 0.25) is 5.02 Å². The molecule has 0 radical (unpaired) electrons. The third-order valence-electron chi connectivity index (χ3n) is 4.28. The van der Waals surface area contributed by atoms with Gasteiger partial charge in [0.15, 0.2) is 11.5 Å². The number of carbonyl (C=O) groups is 2. The van der Waals surface area contributed by atoms with Gasteiger partial charge in [0.1, 0.15) is 12.4 Å². The van der Waals surface area contributed by atoms with Crippen LogP contribution in [-0.4, -0.2) is 24.6 Å². The van der Waals surface area contributed by atoms with Crippen LogP contribution in [0.4, 0.5) is 10.1 Å². The average molecular weight is 470 g/mol. The number of anilines is 1. The van der Waals surface area contributed by atoms with Crippen LogP contribution in [0.1, 0.15) is 18.1 Å². The highest BCUT2D eigenvalue weighted by molar-refractivity contribution is 6.39. The normalized spacial score (nSPS) is 10.6. The van der Waals surface area contributed by atoms with Crippen molar-refractivity contribution in [2.75, 3.05) is 11.9 Å². The molecule has 2 amide bonds. The zero-order valence-electron chi connectivity index (χ0n) is 17.7. The third kappa shape index (κ3) is 7.05. The van der Waals surface area contributed by atoms with E-state index in [-0.39, 0.29) is 12.4 Å². The zero-order chi connectivity index (χ0) is 23.6. The molecule has 170 valence electrons. The zero-order valence-corrected chi connectivity index (χ0v) is 18.4. The van der Waals surface area contributed by atoms with Crippen LogP contribution < -0.4 is 20.2 Å². The smallest absolute Gasteiger partial charge is 0.329 e. The summed E-state index contributed by atoms with van der Waals surface area (Å²) in [6, 6.07) is 17.7. The van der Waals surface area contributed by atoms with E-state index in [0.29, 0.717) is 39.9 Å². The number of hydrogen-bond donors (Lipinski definition) is 2. The summed E-state index contributed by atoms with van der Waals surface area (Å²) < 4.78 is 25.1. The molecule has 2 N–H and O–H groups in total. The highest BCUT2D eigenvalue weighted by atomic mass is 35.5. The van der Waals surface area contributed by atoms with Gasteiger partial charge in [0, 0.05) is 16.3 Å². The monoisotopic (exact) mass is 469 g/mol. The number of carbonyl (C=O) groups excluding carboxylic acids is 2. The van der Waals surface area contributed by atoms with E-state index in [2.05, 4.69) is 15.8 Å². The second-order valence-electron chi connectivity index (χ2n) is 6.68. The van der Waals surface area contributed by atoms with E-state index in [1.165, 1.54) is 18.3 Å². The van der Waals surface area contributed by atoms with Crippen LogP contribution in [0.3, 0.4) is 0 Å². The SMILES string of the molecule is CCOc1cc(C=NNC(=O)C(=O)Nc2cccc(Cl)c2)ccc1OCc1ccccc1F. The first-order valence-corrected chi connectivity index (χ1v) is 10.4. The molecule has 3 aromatic carbocycles. The summed E-state index contributed by atoms with van der Waals surface area (Å²) in [5, 5.41) is 6.65. The molecule has 9 heteroatoms. The summed E-state index contributed by atoms with van der Waals surface area (Å²) in [7, 11) is 0. The second kappa shape index (κ2) is 11.6. The lowest BCUT2D eigenvalue weighted by molar-refractivity contribution is -0.136. The maximum Gasteiger partial charge on any atom is 0.329 e. The molecule has 0 atom stereocenters. The van der Waals surface area contributed by atoms with E-state index in [1.807, 2.05) is 6.92 Å². The first-order valence-electron chi connectivity index (χ1n) is 9.99. The van der Waals surface area contributed by atoms with Gasteiger partial charge in [-0.25, -0.2) is 9.82 Å². The fourth-order valence-corrected chi connectivity index (χ4v) is 2.92. The summed E-state index contributed by atoms with van der Waals surface area (Å²) in [6.45, 7) is 2.25. The molecular weight excluding hydrogens is 449 g/mol. The molecule has 0 bridgehead atoms. The number of hydrazone groups is 1. The van der Waals surface area contributed by atoms with Crippen LogP contribution in [0.15, 0.2) is 71.8 Å². The molecular formula is C24H21ClFN3O4. The Morgan fingerprint density at radius 3 is 2.58 bits per heavy atom. The van der Waals surface area contributed by atoms with Crippen molar-refractivity contribution in [1.29, 1.82) is 0 Å². The number of rotatable bonds is 8. The van der Waals surface area contributed by atoms with Crippen molar-refractivity contribution < 1.29 is 23.5 Å². The Hall–Kier alpha value is -3.91. The van der Waals surface area contributed by atoms with E-state index in [4.69, 9.17) is 21.1 Å². The number of nitrogens with one attached hydrogen (secondary N) is 2. The standard InChI is InChI=1S/C24H21ClFN3O4/c1-2-32-22-12-16(10-11-21(22)33-15-17-6-3-4-9-20(17)26)14-27-29-24(31)23(30)28-19-8-5-7-18(25)13-19/h3-14H,2,15H2,1H3,(H,28,30)(H,29,31). The van der Waals surface area contributed by atoms with E-state index in [1.54, 1.807) is 54.6 Å². The molecule has 0 heterocycles. The molecule has 3 aromatic rings. The average Bonchev–Trinajstić information content (AvgIpc) is 2.79. The summed E-state index contributed by atoms with van der Waals surface area (Å²) in [6.07, 6.45) is 1.35. The lowest BCUT2D eigenvalue weighted by Crippen LogP contribution is -2.32. The predicted octanol–water partition coefficient (Wildman–Crippen LogP) is 4.55. The minimum atomic E-state index is -0.943. The van der Waals surface area contributed by atoms with Gasteiger partial charge in [0.05, 0.1) is 12.8 Å². The Morgan fingerprint density at radius 1 is 1.00 bits per heavy atom. The van der Waals surface area contributed by atoms with Crippen molar-refractivity contribution in [3.63, 3.8) is 0 Å². The largest absolute Gasteiger partial charge is 0.490 e. The number of ether oxygens (including phenoxy) is 2. The molecule has 0 fully saturated rings. The van der Waals surface area contributed by atoms with Crippen molar-refractivity contribution in [2.24, 2.45) is 5.10 Å². The topological polar surface area (TPSA) is 89.0 Å². The lowest BCUT2D eigenvalue weighted by Gasteiger charge is -2.13. The Kier molecular flexibility index (Phi) is 8.37. The van der Waals surface area contributed by atoms with Gasteiger partial charge >= 0.3 is 11.8 Å². The summed E-state index contributed by atoms with van der Waals surface area (Å²) in [5.41, 5.74) is 3.56. The van der Waals surface area contributed by atoms with E-state index in [9.17, 15) is 14.0 Å². The minimum absolute atomic E-state index is 0.0397. The lowest BCUT2D eigenvalue weighted by atomic mass is 10.2. The first-order chi connectivity index (χ1) is 16.0. The van der Waals surface area contributed by atoms with Gasteiger partial charge in [0.2, 0.25) is 0 Å². The third-order valence-corrected chi connectivity index (χ3v) is 4.51. The fraction of sp³-hybridized carbons (Fsp3) is 0.125. The maximum atomic E-state index is 13.8. The number of halogens is 2. The summed E-state index contributed by atoms with van der Waals surface area (Å²) >= 11 is 5.85. The van der Waals surface area contributed by atoms with Crippen LogP contribution in [-0.2, 0) is 16.2 Å². The van der Waals surface area contributed by atoms with Gasteiger partial charge in [-0.3, -0.25) is 9.59 Å². The van der Waals surface area contributed by atoms with E-state index < -0.39 is 11.8 Å². The molecule has 0 aliphatic heterocycles. The molecule has 3 rings (SSSR count). The van der Waals surface area contributed by atoms with Crippen LogP contribution in [0, 0.1) is 5.82 Å². The first kappa shape index (κ1) is 23.7. The second-order valence-corrected chi connectivity index (χ2v) is 7.12. The molecule has 0 saturated heterocycles. The van der Waals surface area contributed by atoms with Crippen molar-refractivity contribution in [3.8, 4) is 11.5 Å². The Bertz CT molecular complexity index is 1170. The number of amides is 2. The summed E-state index contributed by atoms with van der Waals surface area (Å²) in [5.74, 6) is -1.32. The molecule has 0 spiro atoms. The van der Waals surface area contributed by atoms with Gasteiger partial charge in [-0.2, -0.15) is 5.10 Å². The van der Waals surface area contributed by atoms with Crippen molar-refractivity contribution in [1.82, 2.24) is 5.43 Å². The Balaban J connectivity index is 1.60. The van der Waals surface area contributed by atoms with Crippen molar-refractivity contribution >= 4 is 35.3 Å². The molecule has 33 heavy (non-hydrogen) atoms. The van der Waals surface area contributed by atoms with Crippen LogP contribution in [0.25, 0.3) is 0 Å². The molecule has 0 aromatic heterocycles. The summed E-state index contributed by atoms with van der Waals surface area (Å²) in [4.78, 5) is 23.9. The highest BCUT2D eigenvalue weighted by Crippen LogP contribution is 2.29. The van der Waals surface area contributed by atoms with Crippen molar-refractivity contribution in [3.05, 3.63) is 88.7 Å². The van der Waals surface area contributed by atoms with Crippen molar-refractivity contribution in [2.45, 2.75) is 13.5 Å². The van der Waals surface area contributed by atoms with Gasteiger partial charge < -0.3 is 14.8 Å². The Labute approximate surface area is 195 Å². The van der Waals surface area contributed by atoms with Crippen LogP contribution >= 0.6 is 11.6 Å². The number of benzene rings is 3. The molecule has 0 aliphatic rings.